The topological polar surface area (TPSA) is 64.1 Å². The average molecular weight is 480 g/mol. The van der Waals surface area contributed by atoms with Crippen molar-refractivity contribution in [2.45, 2.75) is 90.1 Å². The monoisotopic (exact) mass is 479 g/mol. The predicted molar refractivity (Wildman–Crippen MR) is 141 cm³/mol. The molecule has 0 fully saturated rings. The molecule has 3 aromatic rings. The predicted octanol–water partition coefficient (Wildman–Crippen LogP) is 7.06. The molecular weight excluding hydrogens is 442 g/mol. The molecule has 2 aromatic heterocycles. The number of esters is 1. The van der Waals surface area contributed by atoms with Crippen LogP contribution in [-0.2, 0) is 22.4 Å². The van der Waals surface area contributed by atoms with Gasteiger partial charge in [-0.1, -0.05) is 43.9 Å². The van der Waals surface area contributed by atoms with Crippen molar-refractivity contribution in [3.63, 3.8) is 0 Å². The Morgan fingerprint density at radius 1 is 1.06 bits per heavy atom. The van der Waals surface area contributed by atoms with Gasteiger partial charge in [-0.25, -0.2) is 9.97 Å². The highest BCUT2D eigenvalue weighted by atomic mass is 32.1. The van der Waals surface area contributed by atoms with Gasteiger partial charge in [0.2, 0.25) is 0 Å². The van der Waals surface area contributed by atoms with Crippen molar-refractivity contribution in [3.8, 4) is 0 Å². The number of nitrogens with zero attached hydrogens (tertiary/aromatic N) is 2. The third kappa shape index (κ3) is 6.78. The first kappa shape index (κ1) is 24.6. The minimum Gasteiger partial charge on any atom is -0.459 e. The minimum absolute atomic E-state index is 0.154. The number of unbranched alkanes of at least 4 members (excludes halogenated alkanes) is 4. The summed E-state index contributed by atoms with van der Waals surface area (Å²) in [7, 11) is 0. The molecule has 1 N–H and O–H groups in total. The molecule has 34 heavy (non-hydrogen) atoms. The van der Waals surface area contributed by atoms with Crippen LogP contribution in [0, 0.1) is 0 Å². The Morgan fingerprint density at radius 3 is 2.68 bits per heavy atom. The normalized spacial score (nSPS) is 14.4. The molecule has 5 nitrogen and oxygen atoms in total. The van der Waals surface area contributed by atoms with E-state index < -0.39 is 5.60 Å². The van der Waals surface area contributed by atoms with E-state index in [2.05, 4.69) is 23.5 Å². The minimum atomic E-state index is -0.494. The molecule has 0 saturated carbocycles. The van der Waals surface area contributed by atoms with Crippen LogP contribution < -0.4 is 5.32 Å². The standard InChI is InChI=1S/C28H37N3O2S/c1-28(2,3)33-27(32)22(26-31-23-15-9-10-16-24(23)34-26)14-8-6-4-5-7-13-21-18-17-20-12-11-19-29-25(20)30-21/h9-10,15-18,22H,4-8,11-14,19H2,1-3H3,(H,29,30). The smallest absolute Gasteiger partial charge is 0.316 e. The number of aryl methyl sites for hydroxylation is 2. The van der Waals surface area contributed by atoms with Gasteiger partial charge in [-0.05, 0) is 76.6 Å². The molecule has 1 aliphatic rings. The van der Waals surface area contributed by atoms with E-state index in [9.17, 15) is 4.79 Å². The van der Waals surface area contributed by atoms with E-state index in [1.165, 1.54) is 30.5 Å². The van der Waals surface area contributed by atoms with E-state index in [1.807, 2.05) is 39.0 Å². The SMILES string of the molecule is CC(C)(C)OC(=O)C(CCCCCCCc1ccc2c(n1)NCCC2)c1nc2ccccc2s1. The van der Waals surface area contributed by atoms with Gasteiger partial charge in [0, 0.05) is 12.2 Å². The van der Waals surface area contributed by atoms with Crippen molar-refractivity contribution in [2.75, 3.05) is 11.9 Å². The van der Waals surface area contributed by atoms with Crippen LogP contribution in [0.1, 0.15) is 87.9 Å². The number of thiazole rings is 1. The zero-order valence-electron chi connectivity index (χ0n) is 20.7. The van der Waals surface area contributed by atoms with Crippen LogP contribution in [0.2, 0.25) is 0 Å². The van der Waals surface area contributed by atoms with Gasteiger partial charge < -0.3 is 10.1 Å². The Kier molecular flexibility index (Phi) is 8.19. The second-order valence-corrected chi connectivity index (χ2v) is 11.3. The summed E-state index contributed by atoms with van der Waals surface area (Å²) in [6, 6.07) is 12.5. The summed E-state index contributed by atoms with van der Waals surface area (Å²) in [6.07, 6.45) is 9.77. The Balaban J connectivity index is 1.25. The molecule has 182 valence electrons. The van der Waals surface area contributed by atoms with Crippen molar-refractivity contribution in [1.82, 2.24) is 9.97 Å². The Hall–Kier alpha value is -2.47. The third-order valence-corrected chi connectivity index (χ3v) is 7.33. The first-order valence-electron chi connectivity index (χ1n) is 12.7. The summed E-state index contributed by atoms with van der Waals surface area (Å²) in [4.78, 5) is 22.6. The molecule has 1 aliphatic heterocycles. The summed E-state index contributed by atoms with van der Waals surface area (Å²) in [5.74, 6) is 0.647. The molecule has 3 heterocycles. The number of benzene rings is 1. The number of hydrogen-bond acceptors (Lipinski definition) is 6. The quantitative estimate of drug-likeness (QED) is 0.249. The van der Waals surface area contributed by atoms with Crippen molar-refractivity contribution in [3.05, 3.63) is 52.7 Å². The Labute approximate surface area is 207 Å². The maximum Gasteiger partial charge on any atom is 0.316 e. The van der Waals surface area contributed by atoms with Crippen molar-refractivity contribution >= 4 is 33.3 Å². The summed E-state index contributed by atoms with van der Waals surface area (Å²) < 4.78 is 6.87. The molecule has 0 bridgehead atoms. The van der Waals surface area contributed by atoms with Gasteiger partial charge in [0.1, 0.15) is 22.3 Å². The summed E-state index contributed by atoms with van der Waals surface area (Å²) in [5, 5.41) is 4.30. The number of pyridine rings is 1. The molecule has 0 radical (unpaired) electrons. The number of carbonyl (C=O) groups is 1. The lowest BCUT2D eigenvalue weighted by molar-refractivity contribution is -0.157. The molecule has 4 rings (SSSR count). The summed E-state index contributed by atoms with van der Waals surface area (Å²) in [5.41, 5.74) is 3.00. The maximum absolute atomic E-state index is 13.0. The number of aromatic nitrogens is 2. The number of fused-ring (bicyclic) bond motifs is 2. The second-order valence-electron chi connectivity index (χ2n) is 10.3. The van der Waals surface area contributed by atoms with Gasteiger partial charge in [-0.2, -0.15) is 0 Å². The first-order chi connectivity index (χ1) is 16.4. The summed E-state index contributed by atoms with van der Waals surface area (Å²) >= 11 is 1.61. The van der Waals surface area contributed by atoms with Gasteiger partial charge in [-0.15, -0.1) is 11.3 Å². The zero-order valence-corrected chi connectivity index (χ0v) is 21.5. The lowest BCUT2D eigenvalue weighted by Gasteiger charge is -2.23. The Morgan fingerprint density at radius 2 is 1.85 bits per heavy atom. The van der Waals surface area contributed by atoms with Crippen LogP contribution in [0.15, 0.2) is 36.4 Å². The Bertz CT molecular complexity index is 1070. The van der Waals surface area contributed by atoms with Gasteiger partial charge >= 0.3 is 5.97 Å². The molecule has 1 unspecified atom stereocenters. The third-order valence-electron chi connectivity index (χ3n) is 6.18. The molecule has 6 heteroatoms. The van der Waals surface area contributed by atoms with Gasteiger partial charge in [0.15, 0.2) is 0 Å². The highest BCUT2D eigenvalue weighted by Crippen LogP contribution is 2.32. The van der Waals surface area contributed by atoms with Crippen LogP contribution in [0.5, 0.6) is 0 Å². The second kappa shape index (κ2) is 11.3. The summed E-state index contributed by atoms with van der Waals surface area (Å²) in [6.45, 7) is 6.81. The van der Waals surface area contributed by atoms with E-state index in [0.29, 0.717) is 0 Å². The maximum atomic E-state index is 13.0. The van der Waals surface area contributed by atoms with Crippen molar-refractivity contribution < 1.29 is 9.53 Å². The van der Waals surface area contributed by atoms with Crippen LogP contribution in [0.25, 0.3) is 10.2 Å². The molecule has 0 saturated heterocycles. The van der Waals surface area contributed by atoms with E-state index >= 15 is 0 Å². The molecular formula is C28H37N3O2S. The van der Waals surface area contributed by atoms with Crippen molar-refractivity contribution in [2.24, 2.45) is 0 Å². The van der Waals surface area contributed by atoms with E-state index in [-0.39, 0.29) is 11.9 Å². The molecule has 0 spiro atoms. The highest BCUT2D eigenvalue weighted by molar-refractivity contribution is 7.18. The van der Waals surface area contributed by atoms with Gasteiger partial charge in [-0.3, -0.25) is 4.79 Å². The van der Waals surface area contributed by atoms with Crippen molar-refractivity contribution in [1.29, 1.82) is 0 Å². The molecule has 1 atom stereocenters. The van der Waals surface area contributed by atoms with E-state index in [1.54, 1.807) is 11.3 Å². The van der Waals surface area contributed by atoms with Crippen LogP contribution in [0.3, 0.4) is 0 Å². The van der Waals surface area contributed by atoms with Crippen LogP contribution in [-0.4, -0.2) is 28.1 Å². The fourth-order valence-electron chi connectivity index (χ4n) is 4.45. The average Bonchev–Trinajstić information content (AvgIpc) is 3.23. The van der Waals surface area contributed by atoms with Gasteiger partial charge in [0.25, 0.3) is 0 Å². The highest BCUT2D eigenvalue weighted by Gasteiger charge is 2.29. The number of rotatable bonds is 10. The molecule has 1 aromatic carbocycles. The fourth-order valence-corrected chi connectivity index (χ4v) is 5.54. The molecule has 0 aliphatic carbocycles. The lowest BCUT2D eigenvalue weighted by Crippen LogP contribution is -2.27. The van der Waals surface area contributed by atoms with Crippen LogP contribution >= 0.6 is 11.3 Å². The first-order valence-corrected chi connectivity index (χ1v) is 13.5. The number of hydrogen-bond donors (Lipinski definition) is 1. The number of anilines is 1. The van der Waals surface area contributed by atoms with E-state index in [0.717, 1.165) is 66.1 Å². The fraction of sp³-hybridized carbons (Fsp3) is 0.536. The van der Waals surface area contributed by atoms with Gasteiger partial charge in [0.05, 0.1) is 10.2 Å². The van der Waals surface area contributed by atoms with Crippen LogP contribution in [0.4, 0.5) is 5.82 Å². The number of para-hydroxylation sites is 1. The number of carbonyl (C=O) groups excluding carboxylic acids is 1. The lowest BCUT2D eigenvalue weighted by atomic mass is 10.00. The number of ether oxygens (including phenoxy) is 1. The zero-order chi connectivity index (χ0) is 24.0. The molecule has 0 amide bonds. The van der Waals surface area contributed by atoms with E-state index in [4.69, 9.17) is 14.7 Å². The largest absolute Gasteiger partial charge is 0.459 e. The number of nitrogens with one attached hydrogen (secondary N) is 1.